The SMILES string of the molecule is N#Cc1cc(NCCCO)nc2ccccc12. The summed E-state index contributed by atoms with van der Waals surface area (Å²) in [5.41, 5.74) is 1.42. The molecule has 2 aromatic rings. The first-order chi connectivity index (χ1) is 8.35. The van der Waals surface area contributed by atoms with Crippen LogP contribution in [0.1, 0.15) is 12.0 Å². The standard InChI is InChI=1S/C13H13N3O/c14-9-10-8-13(15-6-3-7-17)16-12-5-2-1-4-11(10)12/h1-2,4-5,8,17H,3,6-7H2,(H,15,16). The first-order valence-corrected chi connectivity index (χ1v) is 5.50. The molecule has 1 heterocycles. The third-order valence-electron chi connectivity index (χ3n) is 2.48. The summed E-state index contributed by atoms with van der Waals surface area (Å²) in [4.78, 5) is 4.41. The number of anilines is 1. The Morgan fingerprint density at radius 3 is 2.94 bits per heavy atom. The topological polar surface area (TPSA) is 68.9 Å². The highest BCUT2D eigenvalue weighted by atomic mass is 16.3. The normalized spacial score (nSPS) is 10.1. The number of hydrogen-bond acceptors (Lipinski definition) is 4. The Hall–Kier alpha value is -2.12. The number of nitrogens with zero attached hydrogens (tertiary/aromatic N) is 2. The number of hydrogen-bond donors (Lipinski definition) is 2. The minimum atomic E-state index is 0.145. The van der Waals surface area contributed by atoms with Crippen LogP contribution in [0.4, 0.5) is 5.82 Å². The first-order valence-electron chi connectivity index (χ1n) is 5.50. The van der Waals surface area contributed by atoms with Gasteiger partial charge in [-0.15, -0.1) is 0 Å². The van der Waals surface area contributed by atoms with E-state index in [4.69, 9.17) is 10.4 Å². The fraction of sp³-hybridized carbons (Fsp3) is 0.231. The molecule has 4 heteroatoms. The highest BCUT2D eigenvalue weighted by Crippen LogP contribution is 2.19. The van der Waals surface area contributed by atoms with E-state index >= 15 is 0 Å². The van der Waals surface area contributed by atoms with Crippen molar-refractivity contribution in [3.05, 3.63) is 35.9 Å². The van der Waals surface area contributed by atoms with E-state index in [0.717, 1.165) is 10.9 Å². The fourth-order valence-electron chi connectivity index (χ4n) is 1.65. The number of nitrogens with one attached hydrogen (secondary N) is 1. The Labute approximate surface area is 99.5 Å². The van der Waals surface area contributed by atoms with Crippen molar-refractivity contribution in [2.75, 3.05) is 18.5 Å². The van der Waals surface area contributed by atoms with Gasteiger partial charge in [0.1, 0.15) is 5.82 Å². The van der Waals surface area contributed by atoms with Gasteiger partial charge in [0.15, 0.2) is 0 Å². The van der Waals surface area contributed by atoms with E-state index in [1.807, 2.05) is 24.3 Å². The molecular formula is C13H13N3O. The van der Waals surface area contributed by atoms with Crippen molar-refractivity contribution in [3.63, 3.8) is 0 Å². The molecule has 0 saturated carbocycles. The second-order valence-electron chi connectivity index (χ2n) is 3.69. The van der Waals surface area contributed by atoms with Crippen LogP contribution >= 0.6 is 0 Å². The summed E-state index contributed by atoms with van der Waals surface area (Å²) in [5, 5.41) is 21.7. The quantitative estimate of drug-likeness (QED) is 0.783. The van der Waals surface area contributed by atoms with Crippen LogP contribution in [0, 0.1) is 11.3 Å². The number of para-hydroxylation sites is 1. The van der Waals surface area contributed by atoms with Gasteiger partial charge in [0.05, 0.1) is 17.1 Å². The van der Waals surface area contributed by atoms with Crippen LogP contribution in [-0.2, 0) is 0 Å². The lowest BCUT2D eigenvalue weighted by Crippen LogP contribution is -2.05. The van der Waals surface area contributed by atoms with Crippen LogP contribution < -0.4 is 5.32 Å². The molecule has 0 fully saturated rings. The van der Waals surface area contributed by atoms with Crippen molar-refractivity contribution in [1.82, 2.24) is 4.98 Å². The predicted octanol–water partition coefficient (Wildman–Crippen LogP) is 1.90. The van der Waals surface area contributed by atoms with E-state index in [9.17, 15) is 0 Å². The van der Waals surface area contributed by atoms with Gasteiger partial charge in [-0.2, -0.15) is 5.26 Å². The van der Waals surface area contributed by atoms with Crippen LogP contribution in [0.25, 0.3) is 10.9 Å². The molecule has 2 N–H and O–H groups in total. The smallest absolute Gasteiger partial charge is 0.127 e. The molecule has 0 aliphatic heterocycles. The minimum absolute atomic E-state index is 0.145. The molecule has 0 radical (unpaired) electrons. The highest BCUT2D eigenvalue weighted by Gasteiger charge is 2.04. The zero-order valence-corrected chi connectivity index (χ0v) is 9.35. The molecule has 86 valence electrons. The molecule has 0 bridgehead atoms. The summed E-state index contributed by atoms with van der Waals surface area (Å²) in [6.07, 6.45) is 0.663. The molecule has 0 unspecified atom stereocenters. The number of aromatic nitrogens is 1. The Morgan fingerprint density at radius 2 is 2.18 bits per heavy atom. The van der Waals surface area contributed by atoms with Gasteiger partial charge < -0.3 is 10.4 Å². The first kappa shape index (κ1) is 11.4. The molecular weight excluding hydrogens is 214 g/mol. The van der Waals surface area contributed by atoms with Gasteiger partial charge >= 0.3 is 0 Å². The molecule has 0 spiro atoms. The number of nitriles is 1. The molecule has 4 nitrogen and oxygen atoms in total. The Morgan fingerprint density at radius 1 is 1.35 bits per heavy atom. The number of benzene rings is 1. The minimum Gasteiger partial charge on any atom is -0.396 e. The van der Waals surface area contributed by atoms with Crippen molar-refractivity contribution in [2.45, 2.75) is 6.42 Å². The Kier molecular flexibility index (Phi) is 3.53. The van der Waals surface area contributed by atoms with Crippen LogP contribution in [0.3, 0.4) is 0 Å². The summed E-state index contributed by atoms with van der Waals surface area (Å²) in [5.74, 6) is 0.675. The van der Waals surface area contributed by atoms with E-state index < -0.39 is 0 Å². The number of pyridine rings is 1. The van der Waals surface area contributed by atoms with Gasteiger partial charge in [-0.05, 0) is 18.6 Å². The van der Waals surface area contributed by atoms with Crippen molar-refractivity contribution in [1.29, 1.82) is 5.26 Å². The molecule has 0 amide bonds. The van der Waals surface area contributed by atoms with Gasteiger partial charge in [-0.3, -0.25) is 0 Å². The second-order valence-corrected chi connectivity index (χ2v) is 3.69. The van der Waals surface area contributed by atoms with Gasteiger partial charge in [0.2, 0.25) is 0 Å². The average Bonchev–Trinajstić information content (AvgIpc) is 2.38. The van der Waals surface area contributed by atoms with Gasteiger partial charge in [-0.1, -0.05) is 18.2 Å². The van der Waals surface area contributed by atoms with Crippen LogP contribution in [0.2, 0.25) is 0 Å². The molecule has 0 aliphatic carbocycles. The van der Waals surface area contributed by atoms with E-state index in [-0.39, 0.29) is 6.61 Å². The highest BCUT2D eigenvalue weighted by molar-refractivity contribution is 5.86. The van der Waals surface area contributed by atoms with Crippen molar-refractivity contribution < 1.29 is 5.11 Å². The lowest BCUT2D eigenvalue weighted by Gasteiger charge is -2.07. The van der Waals surface area contributed by atoms with Gasteiger partial charge in [0, 0.05) is 18.5 Å². The predicted molar refractivity (Wildman–Crippen MR) is 66.7 cm³/mol. The lowest BCUT2D eigenvalue weighted by atomic mass is 10.1. The summed E-state index contributed by atoms with van der Waals surface area (Å²) in [6, 6.07) is 11.5. The van der Waals surface area contributed by atoms with Gasteiger partial charge in [-0.25, -0.2) is 4.98 Å². The maximum atomic E-state index is 9.09. The van der Waals surface area contributed by atoms with Crippen LogP contribution in [0.5, 0.6) is 0 Å². The largest absolute Gasteiger partial charge is 0.396 e. The second kappa shape index (κ2) is 5.28. The molecule has 0 atom stereocenters. The summed E-state index contributed by atoms with van der Waals surface area (Å²) in [6.45, 7) is 0.790. The van der Waals surface area contributed by atoms with Crippen LogP contribution in [-0.4, -0.2) is 23.2 Å². The molecule has 2 rings (SSSR count). The van der Waals surface area contributed by atoms with Gasteiger partial charge in [0.25, 0.3) is 0 Å². The van der Waals surface area contributed by atoms with E-state index in [0.29, 0.717) is 24.3 Å². The zero-order chi connectivity index (χ0) is 12.1. The summed E-state index contributed by atoms with van der Waals surface area (Å²) in [7, 11) is 0. The molecule has 0 aliphatic rings. The van der Waals surface area contributed by atoms with Crippen molar-refractivity contribution >= 4 is 16.7 Å². The van der Waals surface area contributed by atoms with E-state index in [1.54, 1.807) is 6.07 Å². The maximum absolute atomic E-state index is 9.09. The van der Waals surface area contributed by atoms with E-state index in [2.05, 4.69) is 16.4 Å². The van der Waals surface area contributed by atoms with Crippen molar-refractivity contribution in [3.8, 4) is 6.07 Å². The summed E-state index contributed by atoms with van der Waals surface area (Å²) >= 11 is 0. The number of fused-ring (bicyclic) bond motifs is 1. The fourth-order valence-corrected chi connectivity index (χ4v) is 1.65. The third-order valence-corrected chi connectivity index (χ3v) is 2.48. The number of rotatable bonds is 4. The average molecular weight is 227 g/mol. The monoisotopic (exact) mass is 227 g/mol. The Balaban J connectivity index is 2.36. The molecule has 0 saturated heterocycles. The number of aliphatic hydroxyl groups is 1. The van der Waals surface area contributed by atoms with E-state index in [1.165, 1.54) is 0 Å². The Bertz CT molecular complexity index is 560. The molecule has 1 aromatic heterocycles. The summed E-state index contributed by atoms with van der Waals surface area (Å²) < 4.78 is 0. The zero-order valence-electron chi connectivity index (χ0n) is 9.35. The molecule has 17 heavy (non-hydrogen) atoms. The number of aliphatic hydroxyl groups excluding tert-OH is 1. The molecule has 1 aromatic carbocycles. The van der Waals surface area contributed by atoms with Crippen molar-refractivity contribution in [2.24, 2.45) is 0 Å². The maximum Gasteiger partial charge on any atom is 0.127 e. The lowest BCUT2D eigenvalue weighted by molar-refractivity contribution is 0.292. The van der Waals surface area contributed by atoms with Crippen LogP contribution in [0.15, 0.2) is 30.3 Å². The third kappa shape index (κ3) is 2.52.